The van der Waals surface area contributed by atoms with Crippen molar-refractivity contribution in [3.63, 3.8) is 0 Å². The Bertz CT molecular complexity index is 859. The van der Waals surface area contributed by atoms with Crippen molar-refractivity contribution in [2.75, 3.05) is 0 Å². The molecule has 2 heterocycles. The van der Waals surface area contributed by atoms with Crippen LogP contribution in [0.25, 0.3) is 11.1 Å². The molecule has 5 nitrogen and oxygen atoms in total. The molecule has 0 bridgehead atoms. The van der Waals surface area contributed by atoms with Gasteiger partial charge >= 0.3 is 5.63 Å². The van der Waals surface area contributed by atoms with Gasteiger partial charge < -0.3 is 9.40 Å². The summed E-state index contributed by atoms with van der Waals surface area (Å²) in [6.07, 6.45) is -3.29. The maximum Gasteiger partial charge on any atom is 0.337 e. The van der Waals surface area contributed by atoms with Gasteiger partial charge in [0.15, 0.2) is 5.82 Å². The van der Waals surface area contributed by atoms with Gasteiger partial charge in [0.05, 0.1) is 0 Å². The van der Waals surface area contributed by atoms with Crippen LogP contribution in [0.4, 0.5) is 17.6 Å². The molecular formula is C14H12F4N2O3. The lowest BCUT2D eigenvalue weighted by Crippen LogP contribution is -2.18. The molecule has 3 rings (SSSR count). The van der Waals surface area contributed by atoms with Crippen LogP contribution in [-0.4, -0.2) is 15.9 Å². The molecule has 1 N–H and O–H groups in total. The van der Waals surface area contributed by atoms with Crippen LogP contribution in [0, 0.1) is 5.92 Å². The lowest BCUT2D eigenvalue weighted by atomic mass is 9.97. The lowest BCUT2D eigenvalue weighted by Gasteiger charge is -2.11. The first-order chi connectivity index (χ1) is 10.7. The highest BCUT2D eigenvalue weighted by molar-refractivity contribution is 5.75. The van der Waals surface area contributed by atoms with E-state index in [2.05, 4.69) is 4.98 Å². The Morgan fingerprint density at radius 1 is 1.39 bits per heavy atom. The van der Waals surface area contributed by atoms with Crippen molar-refractivity contribution < 1.29 is 22.0 Å². The SMILES string of the molecule is O=c1cc(C[C@H]2CCC(F)(F)C2)c2c(=O)[nH]c(C(F)F)nc2o1. The largest absolute Gasteiger partial charge is 0.403 e. The normalized spacial score (nSPS) is 20.5. The fraction of sp³-hybridized carbons (Fsp3) is 0.500. The Labute approximate surface area is 126 Å². The number of nitrogens with one attached hydrogen (secondary N) is 1. The Kier molecular flexibility index (Phi) is 3.73. The Balaban J connectivity index is 2.07. The van der Waals surface area contributed by atoms with Gasteiger partial charge in [-0.05, 0) is 24.3 Å². The summed E-state index contributed by atoms with van der Waals surface area (Å²) >= 11 is 0. The van der Waals surface area contributed by atoms with Crippen LogP contribution in [0.2, 0.25) is 0 Å². The molecule has 2 aromatic rings. The summed E-state index contributed by atoms with van der Waals surface area (Å²) < 4.78 is 56.6. The molecule has 23 heavy (non-hydrogen) atoms. The summed E-state index contributed by atoms with van der Waals surface area (Å²) in [5.74, 6) is -4.06. The molecule has 0 unspecified atom stereocenters. The minimum atomic E-state index is -3.03. The Morgan fingerprint density at radius 3 is 2.74 bits per heavy atom. The number of hydrogen-bond acceptors (Lipinski definition) is 4. The molecule has 0 radical (unpaired) electrons. The lowest BCUT2D eigenvalue weighted by molar-refractivity contribution is 0.00509. The van der Waals surface area contributed by atoms with Gasteiger partial charge in [-0.25, -0.2) is 22.4 Å². The maximum absolute atomic E-state index is 13.3. The molecule has 1 aliphatic carbocycles. The van der Waals surface area contributed by atoms with Crippen molar-refractivity contribution in [2.45, 2.75) is 38.0 Å². The number of aromatic amines is 1. The molecule has 0 amide bonds. The number of aromatic nitrogens is 2. The Morgan fingerprint density at radius 2 is 2.13 bits per heavy atom. The second kappa shape index (κ2) is 5.47. The van der Waals surface area contributed by atoms with E-state index in [4.69, 9.17) is 4.42 Å². The number of fused-ring (bicyclic) bond motifs is 1. The van der Waals surface area contributed by atoms with E-state index in [9.17, 15) is 27.2 Å². The van der Waals surface area contributed by atoms with Crippen LogP contribution in [0.1, 0.15) is 37.1 Å². The third kappa shape index (κ3) is 3.13. The molecule has 2 aromatic heterocycles. The summed E-state index contributed by atoms with van der Waals surface area (Å²) in [5.41, 5.74) is -2.06. The second-order valence-electron chi connectivity index (χ2n) is 5.69. The van der Waals surface area contributed by atoms with Gasteiger partial charge in [-0.15, -0.1) is 0 Å². The van der Waals surface area contributed by atoms with Crippen LogP contribution in [0.5, 0.6) is 0 Å². The van der Waals surface area contributed by atoms with E-state index < -0.39 is 41.0 Å². The van der Waals surface area contributed by atoms with Crippen LogP contribution >= 0.6 is 0 Å². The molecule has 0 spiro atoms. The van der Waals surface area contributed by atoms with Gasteiger partial charge in [0, 0.05) is 18.9 Å². The highest BCUT2D eigenvalue weighted by Gasteiger charge is 2.39. The van der Waals surface area contributed by atoms with Gasteiger partial charge in [0.1, 0.15) is 5.39 Å². The van der Waals surface area contributed by atoms with E-state index in [1.807, 2.05) is 4.98 Å². The molecule has 1 saturated carbocycles. The zero-order chi connectivity index (χ0) is 16.8. The van der Waals surface area contributed by atoms with Gasteiger partial charge in [-0.1, -0.05) is 0 Å². The number of halogens is 4. The van der Waals surface area contributed by atoms with E-state index in [0.717, 1.165) is 6.07 Å². The minimum Gasteiger partial charge on any atom is -0.403 e. The van der Waals surface area contributed by atoms with E-state index in [-0.39, 0.29) is 36.6 Å². The van der Waals surface area contributed by atoms with Crippen LogP contribution in [-0.2, 0) is 6.42 Å². The van der Waals surface area contributed by atoms with Crippen molar-refractivity contribution in [1.29, 1.82) is 0 Å². The van der Waals surface area contributed by atoms with Crippen LogP contribution in [0.15, 0.2) is 20.1 Å². The van der Waals surface area contributed by atoms with Crippen molar-refractivity contribution in [3.8, 4) is 0 Å². The predicted octanol–water partition coefficient (Wildman–Crippen LogP) is 2.79. The number of nitrogens with zero attached hydrogens (tertiary/aromatic N) is 1. The summed E-state index contributed by atoms with van der Waals surface area (Å²) in [4.78, 5) is 28.9. The quantitative estimate of drug-likeness (QED) is 0.877. The summed E-state index contributed by atoms with van der Waals surface area (Å²) in [7, 11) is 0. The Hall–Kier alpha value is -2.19. The third-order valence-corrected chi connectivity index (χ3v) is 3.94. The zero-order valence-corrected chi connectivity index (χ0v) is 11.7. The fourth-order valence-electron chi connectivity index (χ4n) is 2.96. The maximum atomic E-state index is 13.3. The average molecular weight is 332 g/mol. The van der Waals surface area contributed by atoms with Crippen molar-refractivity contribution in [2.24, 2.45) is 5.92 Å². The molecule has 1 fully saturated rings. The van der Waals surface area contributed by atoms with E-state index in [1.54, 1.807) is 0 Å². The highest BCUT2D eigenvalue weighted by Crippen LogP contribution is 2.40. The standard InChI is InChI=1S/C14H12F4N2O3/c15-10(16)11-19-12(22)9-7(4-8(21)23-13(9)20-11)3-6-1-2-14(17,18)5-6/h4,6,10H,1-3,5H2,(H,19,20,22)/t6-/m1/s1. The molecule has 124 valence electrons. The predicted molar refractivity (Wildman–Crippen MR) is 71.8 cm³/mol. The topological polar surface area (TPSA) is 76.0 Å². The van der Waals surface area contributed by atoms with Crippen molar-refractivity contribution >= 4 is 11.1 Å². The molecule has 0 saturated heterocycles. The number of alkyl halides is 4. The highest BCUT2D eigenvalue weighted by atomic mass is 19.3. The van der Waals surface area contributed by atoms with Crippen molar-refractivity contribution in [3.05, 3.63) is 38.2 Å². The summed E-state index contributed by atoms with van der Waals surface area (Å²) in [6.45, 7) is 0. The van der Waals surface area contributed by atoms with E-state index in [0.29, 0.717) is 0 Å². The third-order valence-electron chi connectivity index (χ3n) is 3.94. The second-order valence-corrected chi connectivity index (χ2v) is 5.69. The van der Waals surface area contributed by atoms with Gasteiger partial charge in [-0.3, -0.25) is 4.79 Å². The first-order valence-electron chi connectivity index (χ1n) is 6.98. The minimum absolute atomic E-state index is 0.0659. The smallest absolute Gasteiger partial charge is 0.337 e. The number of H-pyrrole nitrogens is 1. The van der Waals surface area contributed by atoms with Crippen LogP contribution in [0.3, 0.4) is 0 Å². The molecule has 0 aliphatic heterocycles. The summed E-state index contributed by atoms with van der Waals surface area (Å²) in [6, 6.07) is 1.03. The van der Waals surface area contributed by atoms with Gasteiger partial charge in [-0.2, -0.15) is 4.98 Å². The van der Waals surface area contributed by atoms with Gasteiger partial charge in [0.2, 0.25) is 11.6 Å². The molecule has 1 atom stereocenters. The number of hydrogen-bond donors (Lipinski definition) is 1. The summed E-state index contributed by atoms with van der Waals surface area (Å²) in [5, 5.41) is -0.149. The molecule has 0 aromatic carbocycles. The van der Waals surface area contributed by atoms with Gasteiger partial charge in [0.25, 0.3) is 12.0 Å². The molecule has 9 heteroatoms. The molecule has 1 aliphatic rings. The fourth-order valence-corrected chi connectivity index (χ4v) is 2.96. The monoisotopic (exact) mass is 332 g/mol. The zero-order valence-electron chi connectivity index (χ0n) is 11.7. The number of rotatable bonds is 3. The van der Waals surface area contributed by atoms with E-state index >= 15 is 0 Å². The van der Waals surface area contributed by atoms with Crippen molar-refractivity contribution in [1.82, 2.24) is 9.97 Å². The average Bonchev–Trinajstić information content (AvgIpc) is 2.76. The molecular weight excluding hydrogens is 320 g/mol. The first-order valence-corrected chi connectivity index (χ1v) is 6.98. The van der Waals surface area contributed by atoms with Crippen LogP contribution < -0.4 is 11.2 Å². The van der Waals surface area contributed by atoms with E-state index in [1.165, 1.54) is 0 Å². The first kappa shape index (κ1) is 15.7.